The molecule has 94 valence electrons. The lowest BCUT2D eigenvalue weighted by Crippen LogP contribution is -2.17. The molecule has 0 spiro atoms. The van der Waals surface area contributed by atoms with Crippen molar-refractivity contribution >= 4 is 5.78 Å². The minimum atomic E-state index is -4.81. The average molecular weight is 254 g/mol. The van der Waals surface area contributed by atoms with E-state index in [-0.39, 0.29) is 5.56 Å². The monoisotopic (exact) mass is 254 g/mol. The molecule has 0 N–H and O–H groups in total. The predicted octanol–water partition coefficient (Wildman–Crippen LogP) is 2.96. The van der Waals surface area contributed by atoms with Crippen molar-refractivity contribution in [3.63, 3.8) is 0 Å². The van der Waals surface area contributed by atoms with E-state index < -0.39 is 30.7 Å². The van der Waals surface area contributed by atoms with Crippen LogP contribution in [0.1, 0.15) is 5.56 Å². The van der Waals surface area contributed by atoms with Crippen LogP contribution in [0.2, 0.25) is 0 Å². The number of rotatable bonds is 4. The lowest BCUT2D eigenvalue weighted by molar-refractivity contribution is -0.274. The summed E-state index contributed by atoms with van der Waals surface area (Å²) in [4.78, 5) is 10.7. The minimum absolute atomic E-state index is 0.199. The molecule has 0 atom stereocenters. The molecule has 1 rings (SSSR count). The van der Waals surface area contributed by atoms with Gasteiger partial charge in [-0.3, -0.25) is 4.79 Å². The van der Waals surface area contributed by atoms with E-state index in [1.165, 1.54) is 0 Å². The summed E-state index contributed by atoms with van der Waals surface area (Å²) in [6, 6.07) is 4.17. The van der Waals surface area contributed by atoms with E-state index in [1.54, 1.807) is 0 Å². The predicted molar refractivity (Wildman–Crippen MR) is 47.8 cm³/mol. The van der Waals surface area contributed by atoms with Crippen LogP contribution in [0.5, 0.6) is 5.75 Å². The number of ether oxygens (including phenoxy) is 1. The molecule has 17 heavy (non-hydrogen) atoms. The van der Waals surface area contributed by atoms with E-state index in [2.05, 4.69) is 4.74 Å². The van der Waals surface area contributed by atoms with Crippen LogP contribution in [0, 0.1) is 0 Å². The van der Waals surface area contributed by atoms with Crippen LogP contribution in [0.15, 0.2) is 24.3 Å². The zero-order valence-corrected chi connectivity index (χ0v) is 8.30. The fourth-order valence-electron chi connectivity index (χ4n) is 1.09. The van der Waals surface area contributed by atoms with Crippen LogP contribution < -0.4 is 4.74 Å². The van der Waals surface area contributed by atoms with Crippen LogP contribution >= 0.6 is 0 Å². The van der Waals surface area contributed by atoms with E-state index in [0.29, 0.717) is 0 Å². The summed E-state index contributed by atoms with van der Waals surface area (Å²) in [7, 11) is 0. The lowest BCUT2D eigenvalue weighted by Gasteiger charge is -2.09. The molecule has 0 fully saturated rings. The van der Waals surface area contributed by atoms with Crippen LogP contribution in [-0.2, 0) is 11.2 Å². The van der Waals surface area contributed by atoms with Crippen molar-refractivity contribution in [2.45, 2.75) is 19.2 Å². The van der Waals surface area contributed by atoms with Gasteiger partial charge in [-0.15, -0.1) is 13.2 Å². The molecule has 0 aliphatic rings. The zero-order chi connectivity index (χ0) is 13.1. The van der Waals surface area contributed by atoms with Gasteiger partial charge in [-0.25, -0.2) is 8.78 Å². The third-order valence-corrected chi connectivity index (χ3v) is 1.78. The van der Waals surface area contributed by atoms with Crippen molar-refractivity contribution in [2.24, 2.45) is 0 Å². The first kappa shape index (κ1) is 13.4. The van der Waals surface area contributed by atoms with Gasteiger partial charge in [0.05, 0.1) is 0 Å². The van der Waals surface area contributed by atoms with Crippen molar-refractivity contribution in [2.75, 3.05) is 0 Å². The van der Waals surface area contributed by atoms with Crippen molar-refractivity contribution in [3.05, 3.63) is 29.8 Å². The number of carbonyl (C=O) groups excluding carboxylic acids is 1. The number of Topliss-reactive ketones (excluding diaryl/α,β-unsaturated/α-hetero) is 1. The summed E-state index contributed by atoms with van der Waals surface area (Å²) in [6.45, 7) is 0. The summed E-state index contributed by atoms with van der Waals surface area (Å²) in [6.07, 6.45) is -8.41. The van der Waals surface area contributed by atoms with Crippen LogP contribution in [-0.4, -0.2) is 18.6 Å². The van der Waals surface area contributed by atoms with Crippen molar-refractivity contribution in [3.8, 4) is 5.75 Å². The highest BCUT2D eigenvalue weighted by Gasteiger charge is 2.31. The summed E-state index contributed by atoms with van der Waals surface area (Å²) >= 11 is 0. The summed E-state index contributed by atoms with van der Waals surface area (Å²) < 4.78 is 62.7. The molecule has 0 saturated carbocycles. The average Bonchev–Trinajstić information content (AvgIpc) is 2.18. The number of ketones is 1. The summed E-state index contributed by atoms with van der Waals surface area (Å²) in [5.41, 5.74) is 0.199. The Hall–Kier alpha value is -1.66. The van der Waals surface area contributed by atoms with Crippen LogP contribution in [0.25, 0.3) is 0 Å². The first-order chi connectivity index (χ1) is 7.78. The molecule has 7 heteroatoms. The van der Waals surface area contributed by atoms with E-state index in [9.17, 15) is 26.7 Å². The minimum Gasteiger partial charge on any atom is -0.406 e. The maximum Gasteiger partial charge on any atom is 0.573 e. The quantitative estimate of drug-likeness (QED) is 0.772. The standard InChI is InChI=1S/C10H7F5O2/c11-9(12)8(16)5-6-1-3-7(4-2-6)17-10(13,14)15/h1-4,9H,5H2. The van der Waals surface area contributed by atoms with Gasteiger partial charge in [0.1, 0.15) is 5.75 Å². The molecular weight excluding hydrogens is 247 g/mol. The molecule has 0 aliphatic heterocycles. The molecule has 0 aliphatic carbocycles. The number of hydrogen-bond donors (Lipinski definition) is 0. The Labute approximate surface area is 93.0 Å². The topological polar surface area (TPSA) is 26.3 Å². The van der Waals surface area contributed by atoms with E-state index in [4.69, 9.17) is 0 Å². The summed E-state index contributed by atoms with van der Waals surface area (Å²) in [5.74, 6) is -1.75. The van der Waals surface area contributed by atoms with Crippen LogP contribution in [0.4, 0.5) is 22.0 Å². The second-order valence-corrected chi connectivity index (χ2v) is 3.14. The van der Waals surface area contributed by atoms with Gasteiger partial charge in [-0.2, -0.15) is 0 Å². The Morgan fingerprint density at radius 3 is 2.12 bits per heavy atom. The number of benzene rings is 1. The molecule has 0 radical (unpaired) electrons. The zero-order valence-electron chi connectivity index (χ0n) is 8.30. The molecule has 0 saturated heterocycles. The molecule has 0 amide bonds. The highest BCUT2D eigenvalue weighted by atomic mass is 19.4. The van der Waals surface area contributed by atoms with E-state index >= 15 is 0 Å². The van der Waals surface area contributed by atoms with Gasteiger partial charge in [0.25, 0.3) is 6.43 Å². The number of hydrogen-bond acceptors (Lipinski definition) is 2. The fourth-order valence-corrected chi connectivity index (χ4v) is 1.09. The largest absolute Gasteiger partial charge is 0.573 e. The van der Waals surface area contributed by atoms with Gasteiger partial charge < -0.3 is 4.74 Å². The van der Waals surface area contributed by atoms with Gasteiger partial charge >= 0.3 is 6.36 Å². The number of alkyl halides is 5. The Morgan fingerprint density at radius 1 is 1.18 bits per heavy atom. The second-order valence-electron chi connectivity index (χ2n) is 3.14. The Balaban J connectivity index is 2.65. The van der Waals surface area contributed by atoms with Gasteiger partial charge in [-0.1, -0.05) is 12.1 Å². The number of halogens is 5. The molecule has 0 aromatic heterocycles. The molecule has 1 aromatic carbocycles. The van der Waals surface area contributed by atoms with Gasteiger partial charge in [0.2, 0.25) is 5.78 Å². The van der Waals surface area contributed by atoms with Gasteiger partial charge in [0.15, 0.2) is 0 Å². The molecular formula is C10H7F5O2. The van der Waals surface area contributed by atoms with Crippen molar-refractivity contribution < 1.29 is 31.5 Å². The third-order valence-electron chi connectivity index (χ3n) is 1.78. The maximum atomic E-state index is 11.9. The van der Waals surface area contributed by atoms with Crippen LogP contribution in [0.3, 0.4) is 0 Å². The van der Waals surface area contributed by atoms with E-state index in [0.717, 1.165) is 24.3 Å². The Bertz CT molecular complexity index is 383. The van der Waals surface area contributed by atoms with E-state index in [1.807, 2.05) is 0 Å². The highest BCUT2D eigenvalue weighted by molar-refractivity contribution is 5.83. The Kier molecular flexibility index (Phi) is 4.03. The smallest absolute Gasteiger partial charge is 0.406 e. The Morgan fingerprint density at radius 2 is 1.71 bits per heavy atom. The SMILES string of the molecule is O=C(Cc1ccc(OC(F)(F)F)cc1)C(F)F. The lowest BCUT2D eigenvalue weighted by atomic mass is 10.1. The summed E-state index contributed by atoms with van der Waals surface area (Å²) in [5, 5.41) is 0. The molecule has 0 bridgehead atoms. The number of carbonyl (C=O) groups is 1. The molecule has 1 aromatic rings. The first-order valence-corrected chi connectivity index (χ1v) is 4.43. The first-order valence-electron chi connectivity index (χ1n) is 4.43. The fraction of sp³-hybridized carbons (Fsp3) is 0.300. The van der Waals surface area contributed by atoms with Crippen molar-refractivity contribution in [1.82, 2.24) is 0 Å². The van der Waals surface area contributed by atoms with Gasteiger partial charge in [0, 0.05) is 6.42 Å². The third kappa shape index (κ3) is 4.80. The normalized spacial score (nSPS) is 11.6. The second kappa shape index (κ2) is 5.11. The maximum absolute atomic E-state index is 11.9. The molecule has 0 heterocycles. The highest BCUT2D eigenvalue weighted by Crippen LogP contribution is 2.22. The van der Waals surface area contributed by atoms with Crippen molar-refractivity contribution in [1.29, 1.82) is 0 Å². The van der Waals surface area contributed by atoms with Gasteiger partial charge in [-0.05, 0) is 17.7 Å². The molecule has 2 nitrogen and oxygen atoms in total. The molecule has 0 unspecified atom stereocenters.